The van der Waals surface area contributed by atoms with Gasteiger partial charge in [0.15, 0.2) is 11.5 Å². The van der Waals surface area contributed by atoms with Gasteiger partial charge in [-0.1, -0.05) is 13.3 Å². The highest BCUT2D eigenvalue weighted by Gasteiger charge is 2.18. The topological polar surface area (TPSA) is 123 Å². The fourth-order valence-corrected chi connectivity index (χ4v) is 3.48. The second-order valence-corrected chi connectivity index (χ2v) is 7.94. The molecular weight excluding hydrogens is 398 g/mol. The van der Waals surface area contributed by atoms with Crippen LogP contribution in [-0.4, -0.2) is 33.7 Å². The number of unbranched alkanes of at least 4 members (excludes halogenated alkanes) is 1. The summed E-state index contributed by atoms with van der Waals surface area (Å²) in [7, 11) is -4.01. The molecule has 10 heteroatoms. The Hall–Kier alpha value is -3.27. The zero-order valence-electron chi connectivity index (χ0n) is 15.7. The van der Waals surface area contributed by atoms with E-state index in [9.17, 15) is 18.0 Å². The number of carbonyl (C=O) groups excluding carboxylic acids is 2. The fourth-order valence-electron chi connectivity index (χ4n) is 2.55. The summed E-state index contributed by atoms with van der Waals surface area (Å²) in [5.41, 5.74) is 0.773. The summed E-state index contributed by atoms with van der Waals surface area (Å²) in [6.07, 6.45) is 1.64. The van der Waals surface area contributed by atoms with Gasteiger partial charge in [-0.2, -0.15) is 0 Å². The molecule has 1 aliphatic heterocycles. The molecule has 29 heavy (non-hydrogen) atoms. The lowest BCUT2D eigenvalue weighted by molar-refractivity contribution is 0.102. The highest BCUT2D eigenvalue weighted by atomic mass is 32.2. The number of carbonyl (C=O) groups is 2. The van der Waals surface area contributed by atoms with Crippen LogP contribution in [0.1, 0.15) is 30.1 Å². The van der Waals surface area contributed by atoms with Gasteiger partial charge in [0.05, 0.1) is 4.90 Å². The van der Waals surface area contributed by atoms with Crippen molar-refractivity contribution in [3.8, 4) is 11.5 Å². The van der Waals surface area contributed by atoms with Crippen molar-refractivity contribution in [2.24, 2.45) is 0 Å². The van der Waals surface area contributed by atoms with E-state index in [0.29, 0.717) is 29.3 Å². The molecule has 1 heterocycles. The molecule has 9 nitrogen and oxygen atoms in total. The van der Waals surface area contributed by atoms with Gasteiger partial charge >= 0.3 is 6.03 Å². The number of sulfonamides is 1. The standard InChI is InChI=1S/C19H21N3O6S/c1-2-3-10-20-19(24)22-29(25,26)15-7-5-14(6-8-15)21-18(23)13-4-9-16-17(11-13)28-12-27-16/h4-9,11H,2-3,10,12H2,1H3,(H,21,23)(H2,20,22,24). The van der Waals surface area contributed by atoms with Crippen molar-refractivity contribution in [1.82, 2.24) is 10.0 Å². The van der Waals surface area contributed by atoms with Gasteiger partial charge in [0.25, 0.3) is 15.9 Å². The van der Waals surface area contributed by atoms with Crippen LogP contribution in [0.3, 0.4) is 0 Å². The number of anilines is 1. The lowest BCUT2D eigenvalue weighted by Gasteiger charge is -2.10. The van der Waals surface area contributed by atoms with Gasteiger partial charge in [0.2, 0.25) is 6.79 Å². The van der Waals surface area contributed by atoms with Gasteiger partial charge in [-0.15, -0.1) is 0 Å². The Kier molecular flexibility index (Phi) is 6.23. The van der Waals surface area contributed by atoms with Crippen LogP contribution in [-0.2, 0) is 10.0 Å². The van der Waals surface area contributed by atoms with Crippen LogP contribution in [0.4, 0.5) is 10.5 Å². The Morgan fingerprint density at radius 1 is 1.03 bits per heavy atom. The molecule has 0 saturated heterocycles. The SMILES string of the molecule is CCCCNC(=O)NS(=O)(=O)c1ccc(NC(=O)c2ccc3c(c2)OCO3)cc1. The third kappa shape index (κ3) is 5.17. The summed E-state index contributed by atoms with van der Waals surface area (Å²) in [5, 5.41) is 5.15. The third-order valence-corrected chi connectivity index (χ3v) is 5.45. The molecule has 0 saturated carbocycles. The molecule has 0 fully saturated rings. The minimum absolute atomic E-state index is 0.0933. The lowest BCUT2D eigenvalue weighted by Crippen LogP contribution is -2.39. The highest BCUT2D eigenvalue weighted by molar-refractivity contribution is 7.90. The average molecular weight is 419 g/mol. The van der Waals surface area contributed by atoms with E-state index in [1.165, 1.54) is 24.3 Å². The molecule has 0 atom stereocenters. The predicted octanol–water partition coefficient (Wildman–Crippen LogP) is 2.46. The molecule has 0 spiro atoms. The summed E-state index contributed by atoms with van der Waals surface area (Å²) in [5.74, 6) is 0.678. The number of benzene rings is 2. The first-order chi connectivity index (χ1) is 13.9. The van der Waals surface area contributed by atoms with E-state index >= 15 is 0 Å². The predicted molar refractivity (Wildman–Crippen MR) is 106 cm³/mol. The van der Waals surface area contributed by atoms with Crippen molar-refractivity contribution < 1.29 is 27.5 Å². The Labute approximate surface area is 168 Å². The van der Waals surface area contributed by atoms with Crippen LogP contribution in [0.5, 0.6) is 11.5 Å². The fraction of sp³-hybridized carbons (Fsp3) is 0.263. The summed E-state index contributed by atoms with van der Waals surface area (Å²) in [6.45, 7) is 2.47. The second kappa shape index (κ2) is 8.82. The van der Waals surface area contributed by atoms with Crippen molar-refractivity contribution in [3.63, 3.8) is 0 Å². The van der Waals surface area contributed by atoms with E-state index in [2.05, 4.69) is 10.6 Å². The van der Waals surface area contributed by atoms with Crippen LogP contribution in [0.2, 0.25) is 0 Å². The van der Waals surface area contributed by atoms with E-state index in [0.717, 1.165) is 12.8 Å². The minimum atomic E-state index is -4.01. The Bertz CT molecular complexity index is 1010. The number of nitrogens with one attached hydrogen (secondary N) is 3. The maximum Gasteiger partial charge on any atom is 0.328 e. The van der Waals surface area contributed by atoms with Crippen LogP contribution < -0.4 is 24.8 Å². The van der Waals surface area contributed by atoms with E-state index in [1.807, 2.05) is 11.6 Å². The first-order valence-corrected chi connectivity index (χ1v) is 10.5. The molecule has 0 radical (unpaired) electrons. The largest absolute Gasteiger partial charge is 0.454 e. The van der Waals surface area contributed by atoms with Crippen LogP contribution in [0.25, 0.3) is 0 Å². The normalized spacial score (nSPS) is 12.3. The Morgan fingerprint density at radius 3 is 2.48 bits per heavy atom. The van der Waals surface area contributed by atoms with Crippen molar-refractivity contribution in [2.45, 2.75) is 24.7 Å². The van der Waals surface area contributed by atoms with E-state index in [4.69, 9.17) is 9.47 Å². The number of amides is 3. The summed E-state index contributed by atoms with van der Waals surface area (Å²) in [4.78, 5) is 24.0. The summed E-state index contributed by atoms with van der Waals surface area (Å²) < 4.78 is 36.9. The molecule has 0 aromatic heterocycles. The zero-order chi connectivity index (χ0) is 20.9. The number of hydrogen-bond acceptors (Lipinski definition) is 6. The van der Waals surface area contributed by atoms with E-state index < -0.39 is 16.1 Å². The van der Waals surface area contributed by atoms with Gasteiger partial charge in [0, 0.05) is 17.8 Å². The molecule has 1 aliphatic rings. The van der Waals surface area contributed by atoms with Gasteiger partial charge in [-0.05, 0) is 48.9 Å². The van der Waals surface area contributed by atoms with E-state index in [-0.39, 0.29) is 17.6 Å². The number of rotatable bonds is 7. The molecule has 2 aromatic rings. The maximum absolute atomic E-state index is 12.4. The van der Waals surface area contributed by atoms with Crippen molar-refractivity contribution in [3.05, 3.63) is 48.0 Å². The van der Waals surface area contributed by atoms with Crippen LogP contribution in [0, 0.1) is 0 Å². The van der Waals surface area contributed by atoms with Gasteiger partial charge in [-0.3, -0.25) is 4.79 Å². The number of fused-ring (bicyclic) bond motifs is 1. The quantitative estimate of drug-likeness (QED) is 0.593. The second-order valence-electron chi connectivity index (χ2n) is 6.26. The zero-order valence-corrected chi connectivity index (χ0v) is 16.5. The first kappa shape index (κ1) is 20.5. The van der Waals surface area contributed by atoms with Gasteiger partial charge in [-0.25, -0.2) is 17.9 Å². The lowest BCUT2D eigenvalue weighted by atomic mass is 10.2. The van der Waals surface area contributed by atoms with Crippen molar-refractivity contribution in [2.75, 3.05) is 18.7 Å². The van der Waals surface area contributed by atoms with E-state index in [1.54, 1.807) is 18.2 Å². The molecule has 2 aromatic carbocycles. The highest BCUT2D eigenvalue weighted by Crippen LogP contribution is 2.32. The minimum Gasteiger partial charge on any atom is -0.454 e. The van der Waals surface area contributed by atoms with Gasteiger partial charge in [0.1, 0.15) is 0 Å². The summed E-state index contributed by atoms with van der Waals surface area (Å²) >= 11 is 0. The molecular formula is C19H21N3O6S. The smallest absolute Gasteiger partial charge is 0.328 e. The molecule has 154 valence electrons. The van der Waals surface area contributed by atoms with Crippen LogP contribution >= 0.6 is 0 Å². The summed E-state index contributed by atoms with van der Waals surface area (Å²) in [6, 6.07) is 9.51. The monoisotopic (exact) mass is 419 g/mol. The van der Waals surface area contributed by atoms with Crippen molar-refractivity contribution in [1.29, 1.82) is 0 Å². The van der Waals surface area contributed by atoms with Crippen molar-refractivity contribution >= 4 is 27.6 Å². The molecule has 3 N–H and O–H groups in total. The maximum atomic E-state index is 12.4. The molecule has 3 amide bonds. The average Bonchev–Trinajstić information content (AvgIpc) is 3.16. The number of urea groups is 1. The van der Waals surface area contributed by atoms with Crippen LogP contribution in [0.15, 0.2) is 47.4 Å². The number of ether oxygens (including phenoxy) is 2. The first-order valence-electron chi connectivity index (χ1n) is 9.01. The molecule has 3 rings (SSSR count). The molecule has 0 unspecified atom stereocenters. The van der Waals surface area contributed by atoms with Gasteiger partial charge < -0.3 is 20.1 Å². The molecule has 0 aliphatic carbocycles. The Balaban J connectivity index is 1.62. The Morgan fingerprint density at radius 2 is 1.76 bits per heavy atom. The number of hydrogen-bond donors (Lipinski definition) is 3. The third-order valence-electron chi connectivity index (χ3n) is 4.10. The molecule has 0 bridgehead atoms.